The Morgan fingerprint density at radius 2 is 1.65 bits per heavy atom. The lowest BCUT2D eigenvalue weighted by Gasteiger charge is -2.35. The highest BCUT2D eigenvalue weighted by Crippen LogP contribution is 2.20. The highest BCUT2D eigenvalue weighted by Gasteiger charge is 2.26. The number of amides is 3. The molecule has 1 fully saturated rings. The van der Waals surface area contributed by atoms with E-state index in [1.165, 1.54) is 12.1 Å². The van der Waals surface area contributed by atoms with Gasteiger partial charge in [-0.05, 0) is 57.4 Å². The summed E-state index contributed by atoms with van der Waals surface area (Å²) in [6.45, 7) is 7.46. The summed E-state index contributed by atoms with van der Waals surface area (Å²) in [4.78, 5) is 55.0. The third-order valence-corrected chi connectivity index (χ3v) is 7.42. The van der Waals surface area contributed by atoms with Crippen molar-refractivity contribution in [3.05, 3.63) is 75.5 Å². The average Bonchev–Trinajstić information content (AvgIpc) is 2.98. The van der Waals surface area contributed by atoms with Crippen LogP contribution in [0, 0.1) is 5.82 Å². The molecule has 0 atom stereocenters. The first-order valence-electron chi connectivity index (χ1n) is 14.7. The average molecular weight is 594 g/mol. The molecule has 1 aromatic heterocycles. The van der Waals surface area contributed by atoms with Gasteiger partial charge in [-0.3, -0.25) is 14.4 Å². The predicted molar refractivity (Wildman–Crippen MR) is 161 cm³/mol. The molecule has 3 aromatic rings. The number of carbonyl (C=O) groups is 3. The fourth-order valence-electron chi connectivity index (χ4n) is 5.07. The first-order valence-corrected chi connectivity index (χ1v) is 14.7. The van der Waals surface area contributed by atoms with Crippen molar-refractivity contribution in [2.24, 2.45) is 0 Å². The smallest absolute Gasteiger partial charge is 0.410 e. The van der Waals surface area contributed by atoms with E-state index in [9.17, 15) is 23.6 Å². The molecular weight excluding hydrogens is 553 g/mol. The summed E-state index contributed by atoms with van der Waals surface area (Å²) in [7, 11) is 1.70. The number of aromatic amines is 1. The molecule has 3 amide bonds. The van der Waals surface area contributed by atoms with Gasteiger partial charge in [0.15, 0.2) is 0 Å². The van der Waals surface area contributed by atoms with Crippen LogP contribution < -0.4 is 5.56 Å². The van der Waals surface area contributed by atoms with E-state index in [1.54, 1.807) is 39.9 Å². The number of unbranched alkanes of at least 4 members (excludes halogenated alkanes) is 2. The summed E-state index contributed by atoms with van der Waals surface area (Å²) in [5.74, 6) is -0.995. The van der Waals surface area contributed by atoms with Gasteiger partial charge in [0.1, 0.15) is 11.4 Å². The molecule has 0 unspecified atom stereocenters. The predicted octanol–water partition coefficient (Wildman–Crippen LogP) is 4.36. The molecule has 1 N–H and O–H groups in total. The topological polar surface area (TPSA) is 116 Å². The lowest BCUT2D eigenvalue weighted by molar-refractivity contribution is -0.132. The first kappa shape index (κ1) is 31.7. The van der Waals surface area contributed by atoms with Gasteiger partial charge >= 0.3 is 6.09 Å². The fraction of sp³-hybridized carbons (Fsp3) is 0.469. The molecule has 2 aromatic carbocycles. The van der Waals surface area contributed by atoms with E-state index in [4.69, 9.17) is 4.74 Å². The Balaban J connectivity index is 1.25. The molecule has 1 aliphatic heterocycles. The lowest BCUT2D eigenvalue weighted by atomic mass is 10.0. The van der Waals surface area contributed by atoms with Crippen LogP contribution in [0.4, 0.5) is 9.18 Å². The van der Waals surface area contributed by atoms with Gasteiger partial charge < -0.3 is 19.4 Å². The van der Waals surface area contributed by atoms with Crippen LogP contribution in [0.2, 0.25) is 0 Å². The number of rotatable bonds is 9. The van der Waals surface area contributed by atoms with E-state index in [2.05, 4.69) is 10.2 Å². The number of halogens is 1. The second-order valence-electron chi connectivity index (χ2n) is 11.9. The van der Waals surface area contributed by atoms with Crippen LogP contribution in [0.3, 0.4) is 0 Å². The Kier molecular flexibility index (Phi) is 10.2. The summed E-state index contributed by atoms with van der Waals surface area (Å²) in [6.07, 6.45) is 2.63. The van der Waals surface area contributed by atoms with Gasteiger partial charge in [0.2, 0.25) is 5.91 Å². The number of carbonyl (C=O) groups excluding carboxylic acids is 3. The third-order valence-electron chi connectivity index (χ3n) is 7.42. The van der Waals surface area contributed by atoms with Crippen LogP contribution in [-0.2, 0) is 16.0 Å². The summed E-state index contributed by atoms with van der Waals surface area (Å²) in [5.41, 5.74) is 0.476. The van der Waals surface area contributed by atoms with Crippen molar-refractivity contribution in [2.75, 3.05) is 39.8 Å². The number of ether oxygens (including phenoxy) is 1. The standard InChI is InChI=1S/C32H40FN5O5/c1-32(2,3)43-31(42)36(4)15-9-5-6-12-28(39)37-16-18-38(19-17-37)30(41)25-20-22(13-14-26(25)33)21-27-23-10-7-8-11-24(23)29(40)35-34-27/h7-8,10-11,13-14,20H,5-6,9,12,15-19,21H2,1-4H3,(H,35,40). The molecule has 230 valence electrons. The quantitative estimate of drug-likeness (QED) is 0.369. The third kappa shape index (κ3) is 8.39. The van der Waals surface area contributed by atoms with E-state index in [-0.39, 0.29) is 23.1 Å². The number of benzene rings is 2. The van der Waals surface area contributed by atoms with Gasteiger partial charge in [-0.25, -0.2) is 14.3 Å². The van der Waals surface area contributed by atoms with E-state index in [1.807, 2.05) is 32.9 Å². The van der Waals surface area contributed by atoms with Crippen molar-refractivity contribution in [2.45, 2.75) is 58.5 Å². The van der Waals surface area contributed by atoms with Crippen molar-refractivity contribution < 1.29 is 23.5 Å². The molecule has 1 aliphatic rings. The molecule has 1 saturated heterocycles. The Hall–Kier alpha value is -4.28. The summed E-state index contributed by atoms with van der Waals surface area (Å²) < 4.78 is 20.1. The highest BCUT2D eigenvalue weighted by atomic mass is 19.1. The SMILES string of the molecule is CN(CCCCCC(=O)N1CCN(C(=O)c2cc(Cc3n[nH]c(=O)c4ccccc34)ccc2F)CC1)C(=O)OC(C)(C)C. The molecule has 0 saturated carbocycles. The van der Waals surface area contributed by atoms with Crippen molar-refractivity contribution in [1.82, 2.24) is 24.9 Å². The second kappa shape index (κ2) is 13.8. The van der Waals surface area contributed by atoms with Gasteiger partial charge in [-0.1, -0.05) is 30.7 Å². The molecule has 0 radical (unpaired) electrons. The van der Waals surface area contributed by atoms with Crippen molar-refractivity contribution in [3.8, 4) is 0 Å². The molecule has 0 aliphatic carbocycles. The van der Waals surface area contributed by atoms with E-state index < -0.39 is 17.3 Å². The number of piperazine rings is 1. The number of H-pyrrole nitrogens is 1. The van der Waals surface area contributed by atoms with Gasteiger partial charge in [0, 0.05) is 58.0 Å². The van der Waals surface area contributed by atoms with Gasteiger partial charge in [0.05, 0.1) is 16.6 Å². The Morgan fingerprint density at radius 1 is 0.977 bits per heavy atom. The molecule has 10 nitrogen and oxygen atoms in total. The van der Waals surface area contributed by atoms with Crippen molar-refractivity contribution >= 4 is 28.7 Å². The van der Waals surface area contributed by atoms with Crippen LogP contribution in [-0.4, -0.2) is 88.2 Å². The number of hydrogen-bond acceptors (Lipinski definition) is 6. The van der Waals surface area contributed by atoms with Gasteiger partial charge in [-0.2, -0.15) is 5.10 Å². The lowest BCUT2D eigenvalue weighted by Crippen LogP contribution is -2.50. The van der Waals surface area contributed by atoms with Crippen LogP contribution in [0.1, 0.15) is 68.1 Å². The number of nitrogens with one attached hydrogen (secondary N) is 1. The largest absolute Gasteiger partial charge is 0.444 e. The van der Waals surface area contributed by atoms with E-state index in [0.29, 0.717) is 74.0 Å². The zero-order valence-corrected chi connectivity index (χ0v) is 25.3. The van der Waals surface area contributed by atoms with Crippen LogP contribution in [0.5, 0.6) is 0 Å². The zero-order valence-electron chi connectivity index (χ0n) is 25.3. The number of hydrogen-bond donors (Lipinski definition) is 1. The first-order chi connectivity index (χ1) is 20.4. The summed E-state index contributed by atoms with van der Waals surface area (Å²) in [6, 6.07) is 11.6. The maximum Gasteiger partial charge on any atom is 0.410 e. The van der Waals surface area contributed by atoms with E-state index in [0.717, 1.165) is 12.8 Å². The molecule has 4 rings (SSSR count). The molecular formula is C32H40FN5O5. The monoisotopic (exact) mass is 593 g/mol. The zero-order chi connectivity index (χ0) is 31.1. The minimum Gasteiger partial charge on any atom is -0.444 e. The molecule has 2 heterocycles. The maximum atomic E-state index is 14.8. The molecule has 0 bridgehead atoms. The molecule has 0 spiro atoms. The van der Waals surface area contributed by atoms with Crippen molar-refractivity contribution in [3.63, 3.8) is 0 Å². The Morgan fingerprint density at radius 3 is 2.35 bits per heavy atom. The summed E-state index contributed by atoms with van der Waals surface area (Å²) in [5, 5.41) is 7.91. The van der Waals surface area contributed by atoms with Gasteiger partial charge in [-0.15, -0.1) is 0 Å². The number of fused-ring (bicyclic) bond motifs is 1. The molecule has 11 heteroatoms. The number of nitrogens with zero attached hydrogens (tertiary/aromatic N) is 4. The Bertz CT molecular complexity index is 1520. The highest BCUT2D eigenvalue weighted by molar-refractivity contribution is 5.95. The van der Waals surface area contributed by atoms with Crippen molar-refractivity contribution in [1.29, 1.82) is 0 Å². The summed E-state index contributed by atoms with van der Waals surface area (Å²) >= 11 is 0. The van der Waals surface area contributed by atoms with Crippen LogP contribution >= 0.6 is 0 Å². The normalized spacial score (nSPS) is 13.7. The van der Waals surface area contributed by atoms with Gasteiger partial charge in [0.25, 0.3) is 11.5 Å². The minimum absolute atomic E-state index is 0.0256. The number of aromatic nitrogens is 2. The second-order valence-corrected chi connectivity index (χ2v) is 11.9. The fourth-order valence-corrected chi connectivity index (χ4v) is 5.07. The maximum absolute atomic E-state index is 14.8. The van der Waals surface area contributed by atoms with Crippen LogP contribution in [0.15, 0.2) is 47.3 Å². The Labute approximate surface area is 250 Å². The van der Waals surface area contributed by atoms with E-state index >= 15 is 0 Å². The molecule has 43 heavy (non-hydrogen) atoms. The van der Waals surface area contributed by atoms with Crippen LogP contribution in [0.25, 0.3) is 10.8 Å². The minimum atomic E-state index is -0.608.